The highest BCUT2D eigenvalue weighted by molar-refractivity contribution is 5.84. The van der Waals surface area contributed by atoms with Crippen LogP contribution < -0.4 is 0 Å². The van der Waals surface area contributed by atoms with E-state index in [9.17, 15) is 9.90 Å². The number of carboxylic acids is 1. The van der Waals surface area contributed by atoms with Crippen LogP contribution in [0.15, 0.2) is 22.7 Å². The van der Waals surface area contributed by atoms with Crippen LogP contribution in [-0.4, -0.2) is 21.3 Å². The van der Waals surface area contributed by atoms with Crippen LogP contribution in [0.1, 0.15) is 12.1 Å². The molecule has 2 N–H and O–H groups in total. The minimum absolute atomic E-state index is 0.00269. The summed E-state index contributed by atoms with van der Waals surface area (Å²) in [7, 11) is 0. The van der Waals surface area contributed by atoms with E-state index >= 15 is 0 Å². The van der Waals surface area contributed by atoms with Crippen molar-refractivity contribution in [3.05, 3.63) is 23.9 Å². The average molecular weight is 207 g/mol. The zero-order valence-electron chi connectivity index (χ0n) is 7.80. The lowest BCUT2D eigenvalue weighted by Gasteiger charge is -1.93. The highest BCUT2D eigenvalue weighted by Crippen LogP contribution is 2.27. The molecule has 0 bridgehead atoms. The van der Waals surface area contributed by atoms with Gasteiger partial charge in [-0.1, -0.05) is 11.2 Å². The van der Waals surface area contributed by atoms with Crippen molar-refractivity contribution in [2.45, 2.75) is 12.8 Å². The average Bonchev–Trinajstić information content (AvgIpc) is 2.59. The molecule has 1 aromatic heterocycles. The molecule has 0 spiro atoms. The summed E-state index contributed by atoms with van der Waals surface area (Å²) in [6, 6.07) is 4.90. The molecule has 2 aromatic rings. The number of phenols is 1. The van der Waals surface area contributed by atoms with E-state index in [-0.39, 0.29) is 12.2 Å². The highest BCUT2D eigenvalue weighted by Gasteiger charge is 2.11. The second-order valence-corrected chi connectivity index (χ2v) is 3.18. The van der Waals surface area contributed by atoms with E-state index < -0.39 is 5.97 Å². The molecule has 5 nitrogen and oxygen atoms in total. The molecule has 0 saturated heterocycles. The second-order valence-electron chi connectivity index (χ2n) is 3.18. The zero-order chi connectivity index (χ0) is 10.8. The number of rotatable bonds is 3. The molecule has 0 aliphatic heterocycles. The molecule has 0 atom stereocenters. The number of phenolic OH excluding ortho intramolecular Hbond substituents is 1. The molecule has 5 heteroatoms. The van der Waals surface area contributed by atoms with E-state index in [1.54, 1.807) is 12.1 Å². The van der Waals surface area contributed by atoms with Crippen LogP contribution in [0.2, 0.25) is 0 Å². The second kappa shape index (κ2) is 3.61. The molecule has 2 rings (SSSR count). The van der Waals surface area contributed by atoms with E-state index in [4.69, 9.17) is 9.63 Å². The van der Waals surface area contributed by atoms with Gasteiger partial charge < -0.3 is 14.7 Å². The first-order valence-corrected chi connectivity index (χ1v) is 4.46. The van der Waals surface area contributed by atoms with Gasteiger partial charge in [-0.05, 0) is 12.1 Å². The van der Waals surface area contributed by atoms with E-state index in [1.807, 2.05) is 0 Å². The number of para-hydroxylation sites is 1. The van der Waals surface area contributed by atoms with Crippen molar-refractivity contribution in [3.8, 4) is 5.75 Å². The Morgan fingerprint density at radius 2 is 2.27 bits per heavy atom. The van der Waals surface area contributed by atoms with E-state index in [0.29, 0.717) is 23.1 Å². The third kappa shape index (κ3) is 1.76. The fourth-order valence-electron chi connectivity index (χ4n) is 1.40. The lowest BCUT2D eigenvalue weighted by atomic mass is 10.1. The Kier molecular flexibility index (Phi) is 2.29. The van der Waals surface area contributed by atoms with Crippen molar-refractivity contribution in [1.29, 1.82) is 0 Å². The quantitative estimate of drug-likeness (QED) is 0.797. The SMILES string of the molecule is O=C(O)CCc1noc2c(O)cccc12. The smallest absolute Gasteiger partial charge is 0.303 e. The summed E-state index contributed by atoms with van der Waals surface area (Å²) in [5.74, 6) is -0.868. The summed E-state index contributed by atoms with van der Waals surface area (Å²) >= 11 is 0. The minimum atomic E-state index is -0.883. The van der Waals surface area contributed by atoms with Gasteiger partial charge in [0.15, 0.2) is 5.75 Å². The zero-order valence-corrected chi connectivity index (χ0v) is 7.80. The minimum Gasteiger partial charge on any atom is -0.504 e. The molecule has 1 heterocycles. The summed E-state index contributed by atoms with van der Waals surface area (Å²) in [4.78, 5) is 10.4. The van der Waals surface area contributed by atoms with E-state index in [1.165, 1.54) is 6.07 Å². The number of benzene rings is 1. The molecule has 0 saturated carbocycles. The van der Waals surface area contributed by atoms with Gasteiger partial charge in [0.25, 0.3) is 0 Å². The molecule has 0 fully saturated rings. The van der Waals surface area contributed by atoms with Crippen molar-refractivity contribution < 1.29 is 19.5 Å². The number of hydrogen-bond acceptors (Lipinski definition) is 4. The third-order valence-electron chi connectivity index (χ3n) is 2.13. The lowest BCUT2D eigenvalue weighted by molar-refractivity contribution is -0.136. The summed E-state index contributed by atoms with van der Waals surface area (Å²) in [5.41, 5.74) is 0.862. The number of nitrogens with zero attached hydrogens (tertiary/aromatic N) is 1. The molecule has 0 radical (unpaired) electrons. The Hall–Kier alpha value is -2.04. The monoisotopic (exact) mass is 207 g/mol. The van der Waals surface area contributed by atoms with Crippen LogP contribution in [0.25, 0.3) is 11.0 Å². The molecule has 0 unspecified atom stereocenters. The molecule has 0 amide bonds. The van der Waals surface area contributed by atoms with E-state index in [0.717, 1.165) is 0 Å². The van der Waals surface area contributed by atoms with Gasteiger partial charge in [0.05, 0.1) is 12.1 Å². The lowest BCUT2D eigenvalue weighted by Crippen LogP contribution is -1.97. The standard InChI is InChI=1S/C10H9NO4/c12-8-3-1-2-6-7(4-5-9(13)14)11-15-10(6)8/h1-3,12H,4-5H2,(H,13,14). The molecular formula is C10H9NO4. The van der Waals surface area contributed by atoms with Crippen molar-refractivity contribution >= 4 is 16.9 Å². The maximum Gasteiger partial charge on any atom is 0.303 e. The third-order valence-corrected chi connectivity index (χ3v) is 2.13. The number of hydrogen-bond donors (Lipinski definition) is 2. The van der Waals surface area contributed by atoms with Crippen LogP contribution in [0.3, 0.4) is 0 Å². The Bertz CT molecular complexity index is 503. The summed E-state index contributed by atoms with van der Waals surface area (Å²) in [6.45, 7) is 0. The molecule has 1 aromatic carbocycles. The fraction of sp³-hybridized carbons (Fsp3) is 0.200. The summed E-state index contributed by atoms with van der Waals surface area (Å²) < 4.78 is 4.92. The number of carboxylic acid groups (broad SMARTS) is 1. The molecular weight excluding hydrogens is 198 g/mol. The first-order chi connectivity index (χ1) is 7.18. The first kappa shape index (κ1) is 9.51. The van der Waals surface area contributed by atoms with Gasteiger partial charge >= 0.3 is 5.97 Å². The predicted molar refractivity (Wildman–Crippen MR) is 51.6 cm³/mol. The Morgan fingerprint density at radius 3 is 3.00 bits per heavy atom. The van der Waals surface area contributed by atoms with Crippen LogP contribution >= 0.6 is 0 Å². The van der Waals surface area contributed by atoms with Gasteiger partial charge in [0.1, 0.15) is 0 Å². The Balaban J connectivity index is 2.37. The highest BCUT2D eigenvalue weighted by atomic mass is 16.5. The number of aryl methyl sites for hydroxylation is 1. The van der Waals surface area contributed by atoms with Gasteiger partial charge in [0.2, 0.25) is 5.58 Å². The number of aliphatic carboxylic acids is 1. The fourth-order valence-corrected chi connectivity index (χ4v) is 1.40. The number of aromatic nitrogens is 1. The van der Waals surface area contributed by atoms with Gasteiger partial charge in [0, 0.05) is 11.8 Å². The van der Waals surface area contributed by atoms with Gasteiger partial charge in [-0.15, -0.1) is 0 Å². The topological polar surface area (TPSA) is 83.6 Å². The Morgan fingerprint density at radius 1 is 1.47 bits per heavy atom. The van der Waals surface area contributed by atoms with Crippen molar-refractivity contribution in [3.63, 3.8) is 0 Å². The first-order valence-electron chi connectivity index (χ1n) is 4.46. The summed E-state index contributed by atoms with van der Waals surface area (Å²) in [5, 5.41) is 22.3. The number of carbonyl (C=O) groups is 1. The van der Waals surface area contributed by atoms with Gasteiger partial charge in [-0.2, -0.15) is 0 Å². The maximum atomic E-state index is 10.4. The van der Waals surface area contributed by atoms with Crippen LogP contribution in [-0.2, 0) is 11.2 Å². The maximum absolute atomic E-state index is 10.4. The predicted octanol–water partition coefficient (Wildman–Crippen LogP) is 1.55. The summed E-state index contributed by atoms with van der Waals surface area (Å²) in [6.07, 6.45) is 0.295. The van der Waals surface area contributed by atoms with E-state index in [2.05, 4.69) is 5.16 Å². The van der Waals surface area contributed by atoms with Crippen LogP contribution in [0.5, 0.6) is 5.75 Å². The molecule has 0 aliphatic carbocycles. The Labute approximate surface area is 84.9 Å². The molecule has 15 heavy (non-hydrogen) atoms. The normalized spacial score (nSPS) is 10.7. The van der Waals surface area contributed by atoms with Crippen LogP contribution in [0.4, 0.5) is 0 Å². The number of fused-ring (bicyclic) bond motifs is 1. The van der Waals surface area contributed by atoms with Crippen molar-refractivity contribution in [2.75, 3.05) is 0 Å². The molecule has 0 aliphatic rings. The molecule has 78 valence electrons. The largest absolute Gasteiger partial charge is 0.504 e. The van der Waals surface area contributed by atoms with Crippen molar-refractivity contribution in [2.24, 2.45) is 0 Å². The van der Waals surface area contributed by atoms with Crippen molar-refractivity contribution in [1.82, 2.24) is 5.16 Å². The number of aromatic hydroxyl groups is 1. The van der Waals surface area contributed by atoms with Crippen LogP contribution in [0, 0.1) is 0 Å². The van der Waals surface area contributed by atoms with Gasteiger partial charge in [-0.25, -0.2) is 0 Å². The van der Waals surface area contributed by atoms with Gasteiger partial charge in [-0.3, -0.25) is 4.79 Å².